The summed E-state index contributed by atoms with van der Waals surface area (Å²) in [6.07, 6.45) is 1.75. The molecule has 0 radical (unpaired) electrons. The lowest BCUT2D eigenvalue weighted by molar-refractivity contribution is 0.279. The number of anilines is 2. The second-order valence-electron chi connectivity index (χ2n) is 7.61. The molecule has 8 heteroatoms. The molecular formula is C28H32N4O3S. The van der Waals surface area contributed by atoms with Crippen molar-refractivity contribution in [3.63, 3.8) is 0 Å². The van der Waals surface area contributed by atoms with Gasteiger partial charge in [0.05, 0.1) is 26.3 Å². The van der Waals surface area contributed by atoms with Gasteiger partial charge < -0.3 is 25.2 Å². The maximum atomic E-state index is 9.66. The lowest BCUT2D eigenvalue weighted by Gasteiger charge is -2.14. The summed E-state index contributed by atoms with van der Waals surface area (Å²) in [6, 6.07) is 19.8. The molecule has 0 aliphatic heterocycles. The molecule has 1 aromatic heterocycles. The molecule has 3 N–H and O–H groups in total. The first kappa shape index (κ1) is 26.8. The first-order chi connectivity index (χ1) is 17.6. The molecule has 0 aliphatic carbocycles. The highest BCUT2D eigenvalue weighted by molar-refractivity contribution is 7.99. The highest BCUT2D eigenvalue weighted by atomic mass is 32.2. The van der Waals surface area contributed by atoms with E-state index in [1.807, 2.05) is 62.5 Å². The monoisotopic (exact) mass is 504 g/mol. The molecule has 0 spiro atoms. The van der Waals surface area contributed by atoms with E-state index in [2.05, 4.69) is 39.3 Å². The average molecular weight is 505 g/mol. The van der Waals surface area contributed by atoms with E-state index >= 15 is 0 Å². The predicted molar refractivity (Wildman–Crippen MR) is 148 cm³/mol. The molecular weight excluding hydrogens is 472 g/mol. The van der Waals surface area contributed by atoms with E-state index in [0.717, 1.165) is 31.8 Å². The Morgan fingerprint density at radius 3 is 2.14 bits per heavy atom. The summed E-state index contributed by atoms with van der Waals surface area (Å²) >= 11 is 1.64. The molecule has 0 atom stereocenters. The molecule has 0 saturated heterocycles. The quantitative estimate of drug-likeness (QED) is 0.234. The number of hydrogen-bond donors (Lipinski definition) is 3. The summed E-state index contributed by atoms with van der Waals surface area (Å²) in [6.45, 7) is 5.81. The summed E-state index contributed by atoms with van der Waals surface area (Å²) < 4.78 is 10.8. The second-order valence-corrected chi connectivity index (χ2v) is 8.69. The molecule has 0 fully saturated rings. The Bertz CT molecular complexity index is 1310. The van der Waals surface area contributed by atoms with Gasteiger partial charge >= 0.3 is 0 Å². The van der Waals surface area contributed by atoms with Gasteiger partial charge in [-0.05, 0) is 36.2 Å². The van der Waals surface area contributed by atoms with E-state index in [9.17, 15) is 5.11 Å². The van der Waals surface area contributed by atoms with Crippen LogP contribution >= 0.6 is 11.8 Å². The van der Waals surface area contributed by atoms with Crippen LogP contribution in [-0.2, 0) is 13.2 Å². The smallest absolute Gasteiger partial charge is 0.225 e. The van der Waals surface area contributed by atoms with Crippen molar-refractivity contribution in [2.24, 2.45) is 0 Å². The SMILES string of the molecule is C=CC.CNc1nc(NCc2ccccc2Sc2ccccc2CO)nc2cc(OC)c(OC)cc12. The third kappa shape index (κ3) is 6.47. The van der Waals surface area contributed by atoms with Crippen molar-refractivity contribution in [3.05, 3.63) is 84.4 Å². The zero-order valence-electron chi connectivity index (χ0n) is 21.0. The molecule has 3 aromatic carbocycles. The molecule has 1 heterocycles. The van der Waals surface area contributed by atoms with Gasteiger partial charge in [0.1, 0.15) is 5.82 Å². The number of aliphatic hydroxyl groups is 1. The molecule has 0 bridgehead atoms. The number of nitrogens with zero attached hydrogens (tertiary/aromatic N) is 2. The van der Waals surface area contributed by atoms with Crippen LogP contribution in [0.5, 0.6) is 11.5 Å². The molecule has 0 saturated carbocycles. The number of nitrogens with one attached hydrogen (secondary N) is 2. The van der Waals surface area contributed by atoms with Crippen LogP contribution in [0.1, 0.15) is 18.1 Å². The Labute approximate surface area is 216 Å². The minimum absolute atomic E-state index is 0.00949. The van der Waals surface area contributed by atoms with Crippen molar-refractivity contribution in [2.45, 2.75) is 29.9 Å². The maximum absolute atomic E-state index is 9.66. The van der Waals surface area contributed by atoms with E-state index in [0.29, 0.717) is 29.8 Å². The molecule has 0 unspecified atom stereocenters. The van der Waals surface area contributed by atoms with Crippen LogP contribution in [0.2, 0.25) is 0 Å². The van der Waals surface area contributed by atoms with Crippen molar-refractivity contribution < 1.29 is 14.6 Å². The highest BCUT2D eigenvalue weighted by Gasteiger charge is 2.13. The average Bonchev–Trinajstić information content (AvgIpc) is 2.92. The summed E-state index contributed by atoms with van der Waals surface area (Å²) in [5.41, 5.74) is 2.76. The number of hydrogen-bond acceptors (Lipinski definition) is 8. The largest absolute Gasteiger partial charge is 0.493 e. The number of fused-ring (bicyclic) bond motifs is 1. The van der Waals surface area contributed by atoms with E-state index in [4.69, 9.17) is 9.47 Å². The number of allylic oxidation sites excluding steroid dienone is 1. The number of aromatic nitrogens is 2. The van der Waals surface area contributed by atoms with Crippen LogP contribution in [0.3, 0.4) is 0 Å². The zero-order chi connectivity index (χ0) is 25.9. The lowest BCUT2D eigenvalue weighted by atomic mass is 10.2. The number of aliphatic hydroxyl groups excluding tert-OH is 1. The van der Waals surface area contributed by atoms with Crippen LogP contribution < -0.4 is 20.1 Å². The number of rotatable bonds is 9. The fourth-order valence-electron chi connectivity index (χ4n) is 3.50. The highest BCUT2D eigenvalue weighted by Crippen LogP contribution is 2.35. The van der Waals surface area contributed by atoms with Gasteiger partial charge in [-0.1, -0.05) is 54.2 Å². The van der Waals surface area contributed by atoms with Gasteiger partial charge in [0, 0.05) is 34.8 Å². The number of ether oxygens (including phenoxy) is 2. The predicted octanol–water partition coefficient (Wildman–Crippen LogP) is 6.14. The molecule has 7 nitrogen and oxygen atoms in total. The van der Waals surface area contributed by atoms with Crippen molar-refractivity contribution in [1.29, 1.82) is 0 Å². The van der Waals surface area contributed by atoms with Crippen LogP contribution in [0.25, 0.3) is 10.9 Å². The Morgan fingerprint density at radius 2 is 1.53 bits per heavy atom. The third-order valence-corrected chi connectivity index (χ3v) is 6.45. The van der Waals surface area contributed by atoms with Crippen molar-refractivity contribution in [1.82, 2.24) is 9.97 Å². The summed E-state index contributed by atoms with van der Waals surface area (Å²) in [5.74, 6) is 2.44. The number of methoxy groups -OCH3 is 2. The normalized spacial score (nSPS) is 10.2. The van der Waals surface area contributed by atoms with Crippen molar-refractivity contribution in [2.75, 3.05) is 31.9 Å². The fourth-order valence-corrected chi connectivity index (χ4v) is 4.57. The number of benzene rings is 3. The summed E-state index contributed by atoms with van der Waals surface area (Å²) in [7, 11) is 5.04. The van der Waals surface area contributed by atoms with Gasteiger partial charge in [-0.15, -0.1) is 6.58 Å². The van der Waals surface area contributed by atoms with Crippen molar-refractivity contribution >= 4 is 34.4 Å². The topological polar surface area (TPSA) is 88.5 Å². The van der Waals surface area contributed by atoms with E-state index < -0.39 is 0 Å². The molecule has 36 heavy (non-hydrogen) atoms. The van der Waals surface area contributed by atoms with Crippen LogP contribution in [0.4, 0.5) is 11.8 Å². The van der Waals surface area contributed by atoms with Crippen LogP contribution in [-0.4, -0.2) is 36.3 Å². The minimum atomic E-state index is 0.00949. The summed E-state index contributed by atoms with van der Waals surface area (Å²) in [4.78, 5) is 11.5. The Hall–Kier alpha value is -3.75. The van der Waals surface area contributed by atoms with Crippen molar-refractivity contribution in [3.8, 4) is 11.5 Å². The van der Waals surface area contributed by atoms with E-state index in [-0.39, 0.29) is 6.61 Å². The molecule has 188 valence electrons. The lowest BCUT2D eigenvalue weighted by Crippen LogP contribution is -2.07. The molecule has 4 aromatic rings. The third-order valence-electron chi connectivity index (χ3n) is 5.21. The fraction of sp³-hybridized carbons (Fsp3) is 0.214. The summed E-state index contributed by atoms with van der Waals surface area (Å²) in [5, 5.41) is 17.0. The Balaban J connectivity index is 0.00000115. The van der Waals surface area contributed by atoms with Gasteiger partial charge in [-0.25, -0.2) is 4.98 Å². The van der Waals surface area contributed by atoms with Crippen LogP contribution in [0.15, 0.2) is 83.1 Å². The first-order valence-electron chi connectivity index (χ1n) is 11.4. The Morgan fingerprint density at radius 1 is 0.944 bits per heavy atom. The van der Waals surface area contributed by atoms with Gasteiger partial charge in [0.25, 0.3) is 0 Å². The molecule has 4 rings (SSSR count). The molecule has 0 amide bonds. The van der Waals surface area contributed by atoms with E-state index in [1.54, 1.807) is 32.1 Å². The van der Waals surface area contributed by atoms with Gasteiger partial charge in [0.2, 0.25) is 5.95 Å². The Kier molecular flexibility index (Phi) is 9.97. The van der Waals surface area contributed by atoms with Gasteiger partial charge in [0.15, 0.2) is 11.5 Å². The van der Waals surface area contributed by atoms with Gasteiger partial charge in [-0.3, -0.25) is 0 Å². The second kappa shape index (κ2) is 13.4. The standard InChI is InChI=1S/C25H26N4O3S.C3H6/c1-26-24-18-12-20(31-2)21(32-3)13-19(18)28-25(29-24)27-14-16-8-4-6-10-22(16)33-23-11-7-5-9-17(23)15-30;1-3-2/h4-13,30H,14-15H2,1-3H3,(H2,26,27,28,29);3H,1H2,2H3. The van der Waals surface area contributed by atoms with E-state index in [1.165, 1.54) is 0 Å². The zero-order valence-corrected chi connectivity index (χ0v) is 21.9. The maximum Gasteiger partial charge on any atom is 0.225 e. The first-order valence-corrected chi connectivity index (χ1v) is 12.3. The van der Waals surface area contributed by atoms with Crippen LogP contribution in [0, 0.1) is 0 Å². The molecule has 0 aliphatic rings. The minimum Gasteiger partial charge on any atom is -0.493 e. The van der Waals surface area contributed by atoms with Gasteiger partial charge in [-0.2, -0.15) is 4.98 Å².